The summed E-state index contributed by atoms with van der Waals surface area (Å²) in [5.41, 5.74) is 0.0279. The molecule has 1 aromatic rings. The van der Waals surface area contributed by atoms with Crippen molar-refractivity contribution in [1.82, 2.24) is 5.32 Å². The Balaban J connectivity index is 2.12. The Bertz CT molecular complexity index is 552. The maximum atomic E-state index is 13.2. The number of carboxylic acids is 1. The molecular formula is C17H22FNO4. The smallest absolute Gasteiger partial charge is 0.303 e. The molecule has 1 saturated heterocycles. The lowest BCUT2D eigenvalue weighted by Crippen LogP contribution is -2.49. The Morgan fingerprint density at radius 2 is 1.91 bits per heavy atom. The first-order valence-electron chi connectivity index (χ1n) is 7.78. The zero-order valence-corrected chi connectivity index (χ0v) is 13.2. The number of amides is 1. The Kier molecular flexibility index (Phi) is 5.71. The van der Waals surface area contributed by atoms with Gasteiger partial charge in [0, 0.05) is 26.2 Å². The van der Waals surface area contributed by atoms with Gasteiger partial charge in [-0.2, -0.15) is 0 Å². The zero-order valence-electron chi connectivity index (χ0n) is 13.2. The highest BCUT2D eigenvalue weighted by molar-refractivity contribution is 5.88. The Morgan fingerprint density at radius 1 is 1.30 bits per heavy atom. The second-order valence-corrected chi connectivity index (χ2v) is 6.11. The van der Waals surface area contributed by atoms with E-state index in [-0.39, 0.29) is 24.1 Å². The van der Waals surface area contributed by atoms with Gasteiger partial charge in [0.25, 0.3) is 0 Å². The highest BCUT2D eigenvalue weighted by Gasteiger charge is 2.41. The normalized spacial score (nSPS) is 18.2. The molecular weight excluding hydrogens is 301 g/mol. The lowest BCUT2D eigenvalue weighted by atomic mass is 9.73. The maximum Gasteiger partial charge on any atom is 0.303 e. The van der Waals surface area contributed by atoms with Crippen molar-refractivity contribution in [1.29, 1.82) is 0 Å². The topological polar surface area (TPSA) is 75.6 Å². The molecule has 2 N–H and O–H groups in total. The highest BCUT2D eigenvalue weighted by Crippen LogP contribution is 2.35. The third kappa shape index (κ3) is 4.28. The number of nitrogens with one attached hydrogen (secondary N) is 1. The summed E-state index contributed by atoms with van der Waals surface area (Å²) in [5.74, 6) is -1.52. The highest BCUT2D eigenvalue weighted by atomic mass is 19.1. The van der Waals surface area contributed by atoms with Crippen LogP contribution in [0.2, 0.25) is 0 Å². The molecule has 6 heteroatoms. The molecule has 1 heterocycles. The fraction of sp³-hybridized carbons (Fsp3) is 0.529. The summed E-state index contributed by atoms with van der Waals surface area (Å²) in [5, 5.41) is 11.6. The van der Waals surface area contributed by atoms with Gasteiger partial charge in [0.05, 0.1) is 5.41 Å². The third-order valence-corrected chi connectivity index (χ3v) is 4.31. The molecule has 1 aliphatic rings. The number of carboxylic acid groups (broad SMARTS) is 1. The van der Waals surface area contributed by atoms with E-state index in [4.69, 9.17) is 9.84 Å². The molecule has 126 valence electrons. The van der Waals surface area contributed by atoms with E-state index < -0.39 is 11.4 Å². The zero-order chi connectivity index (χ0) is 16.9. The minimum Gasteiger partial charge on any atom is -0.481 e. The van der Waals surface area contributed by atoms with E-state index in [0.29, 0.717) is 32.6 Å². The van der Waals surface area contributed by atoms with E-state index in [9.17, 15) is 14.0 Å². The van der Waals surface area contributed by atoms with Gasteiger partial charge in [-0.05, 0) is 36.5 Å². The number of aliphatic carboxylic acids is 1. The summed E-state index contributed by atoms with van der Waals surface area (Å²) in [6, 6.07) is 5.99. The first kappa shape index (κ1) is 17.4. The predicted octanol–water partition coefficient (Wildman–Crippen LogP) is 2.10. The molecule has 0 aromatic heterocycles. The summed E-state index contributed by atoms with van der Waals surface area (Å²) in [7, 11) is 0. The van der Waals surface area contributed by atoms with Crippen molar-refractivity contribution in [2.45, 2.75) is 31.6 Å². The molecule has 2 rings (SSSR count). The van der Waals surface area contributed by atoms with Crippen LogP contribution in [0.25, 0.3) is 0 Å². The van der Waals surface area contributed by atoms with Crippen LogP contribution in [0.1, 0.15) is 31.7 Å². The molecule has 1 amide bonds. The number of hydrogen-bond donors (Lipinski definition) is 2. The monoisotopic (exact) mass is 323 g/mol. The third-order valence-electron chi connectivity index (χ3n) is 4.31. The first-order valence-corrected chi connectivity index (χ1v) is 7.78. The van der Waals surface area contributed by atoms with Crippen LogP contribution in [-0.4, -0.2) is 36.7 Å². The number of hydrogen-bond acceptors (Lipinski definition) is 3. The van der Waals surface area contributed by atoms with E-state index in [1.54, 1.807) is 19.1 Å². The Labute approximate surface area is 134 Å². The molecule has 5 nitrogen and oxygen atoms in total. The molecule has 0 bridgehead atoms. The van der Waals surface area contributed by atoms with Gasteiger partial charge in [0.15, 0.2) is 0 Å². The van der Waals surface area contributed by atoms with E-state index in [1.165, 1.54) is 12.1 Å². The molecule has 0 saturated carbocycles. The van der Waals surface area contributed by atoms with Crippen molar-refractivity contribution < 1.29 is 23.8 Å². The second kappa shape index (κ2) is 7.55. The van der Waals surface area contributed by atoms with E-state index in [2.05, 4.69) is 5.32 Å². The van der Waals surface area contributed by atoms with E-state index in [0.717, 1.165) is 5.56 Å². The molecule has 0 spiro atoms. The lowest BCUT2D eigenvalue weighted by Gasteiger charge is -2.36. The van der Waals surface area contributed by atoms with Gasteiger partial charge in [0.2, 0.25) is 5.91 Å². The quantitative estimate of drug-likeness (QED) is 0.840. The molecule has 0 aliphatic carbocycles. The molecule has 23 heavy (non-hydrogen) atoms. The van der Waals surface area contributed by atoms with Crippen molar-refractivity contribution in [3.05, 3.63) is 35.6 Å². The van der Waals surface area contributed by atoms with Crippen LogP contribution in [-0.2, 0) is 19.7 Å². The Morgan fingerprint density at radius 3 is 2.48 bits per heavy atom. The summed E-state index contributed by atoms with van der Waals surface area (Å²) in [6.45, 7) is 3.02. The average molecular weight is 323 g/mol. The Hall–Kier alpha value is -1.95. The van der Waals surface area contributed by atoms with Gasteiger partial charge in [-0.3, -0.25) is 9.59 Å². The molecule has 1 aliphatic heterocycles. The molecule has 1 atom stereocenters. The maximum absolute atomic E-state index is 13.2. The van der Waals surface area contributed by atoms with Crippen LogP contribution in [0, 0.1) is 11.7 Å². The minimum atomic E-state index is -0.883. The van der Waals surface area contributed by atoms with Crippen LogP contribution >= 0.6 is 0 Å². The number of rotatable bonds is 6. The van der Waals surface area contributed by atoms with Gasteiger partial charge in [-0.15, -0.1) is 0 Å². The van der Waals surface area contributed by atoms with Crippen molar-refractivity contribution in [3.8, 4) is 0 Å². The van der Waals surface area contributed by atoms with Crippen LogP contribution in [0.3, 0.4) is 0 Å². The standard InChI is InChI=1S/C17H22FNO4/c1-12(10-15(20)21)11-19-16(22)17(6-8-23-9-7-17)13-2-4-14(18)5-3-13/h2-5,12H,6-11H2,1H3,(H,19,22)(H,20,21). The van der Waals surface area contributed by atoms with Gasteiger partial charge in [-0.1, -0.05) is 19.1 Å². The summed E-state index contributed by atoms with van der Waals surface area (Å²) >= 11 is 0. The van der Waals surface area contributed by atoms with Crippen molar-refractivity contribution in [2.75, 3.05) is 19.8 Å². The van der Waals surface area contributed by atoms with Gasteiger partial charge in [-0.25, -0.2) is 4.39 Å². The van der Waals surface area contributed by atoms with Crippen molar-refractivity contribution in [3.63, 3.8) is 0 Å². The lowest BCUT2D eigenvalue weighted by molar-refractivity contribution is -0.138. The van der Waals surface area contributed by atoms with Crippen LogP contribution in [0.15, 0.2) is 24.3 Å². The SMILES string of the molecule is CC(CNC(=O)C1(c2ccc(F)cc2)CCOCC1)CC(=O)O. The number of ether oxygens (including phenoxy) is 1. The van der Waals surface area contributed by atoms with Gasteiger partial charge >= 0.3 is 5.97 Å². The van der Waals surface area contributed by atoms with E-state index in [1.807, 2.05) is 0 Å². The second-order valence-electron chi connectivity index (χ2n) is 6.11. The average Bonchev–Trinajstić information content (AvgIpc) is 2.53. The minimum absolute atomic E-state index is 0.00688. The summed E-state index contributed by atoms with van der Waals surface area (Å²) in [6.07, 6.45) is 1.06. The summed E-state index contributed by atoms with van der Waals surface area (Å²) in [4.78, 5) is 23.5. The molecule has 1 aromatic carbocycles. The van der Waals surface area contributed by atoms with Crippen LogP contribution < -0.4 is 5.32 Å². The predicted molar refractivity (Wildman–Crippen MR) is 82.6 cm³/mol. The summed E-state index contributed by atoms with van der Waals surface area (Å²) < 4.78 is 18.5. The van der Waals surface area contributed by atoms with Crippen molar-refractivity contribution in [2.24, 2.45) is 5.92 Å². The largest absolute Gasteiger partial charge is 0.481 e. The number of carbonyl (C=O) groups is 2. The fourth-order valence-corrected chi connectivity index (χ4v) is 2.94. The van der Waals surface area contributed by atoms with Gasteiger partial charge in [0.1, 0.15) is 5.82 Å². The van der Waals surface area contributed by atoms with Crippen LogP contribution in [0.4, 0.5) is 4.39 Å². The molecule has 1 fully saturated rings. The number of benzene rings is 1. The van der Waals surface area contributed by atoms with E-state index >= 15 is 0 Å². The van der Waals surface area contributed by atoms with Crippen molar-refractivity contribution >= 4 is 11.9 Å². The number of carbonyl (C=O) groups excluding carboxylic acids is 1. The van der Waals surface area contributed by atoms with Crippen LogP contribution in [0.5, 0.6) is 0 Å². The fourth-order valence-electron chi connectivity index (χ4n) is 2.94. The first-order chi connectivity index (χ1) is 10.9. The molecule has 0 radical (unpaired) electrons. The van der Waals surface area contributed by atoms with Gasteiger partial charge < -0.3 is 15.2 Å². The molecule has 1 unspecified atom stereocenters. The number of halogens is 1.